The molecule has 3 nitrogen and oxygen atoms in total. The van der Waals surface area contributed by atoms with Crippen molar-refractivity contribution in [3.05, 3.63) is 18.0 Å². The van der Waals surface area contributed by atoms with Crippen LogP contribution in [0.2, 0.25) is 0 Å². The number of aromatic nitrogens is 2. The van der Waals surface area contributed by atoms with Crippen LogP contribution in [0.1, 0.15) is 32.4 Å². The Hall–Kier alpha value is -0.480. The highest BCUT2D eigenvalue weighted by atomic mass is 32.2. The molecule has 0 amide bonds. The van der Waals surface area contributed by atoms with E-state index in [1.54, 1.807) is 0 Å². The van der Waals surface area contributed by atoms with Crippen LogP contribution in [0.4, 0.5) is 0 Å². The van der Waals surface area contributed by atoms with Crippen molar-refractivity contribution in [2.75, 3.05) is 12.0 Å². The van der Waals surface area contributed by atoms with E-state index in [-0.39, 0.29) is 0 Å². The number of nitrogens with one attached hydrogen (secondary N) is 1. The minimum absolute atomic E-state index is 0.611. The van der Waals surface area contributed by atoms with E-state index >= 15 is 0 Å². The van der Waals surface area contributed by atoms with Crippen molar-refractivity contribution in [2.24, 2.45) is 0 Å². The highest BCUT2D eigenvalue weighted by Gasteiger charge is 2.06. The van der Waals surface area contributed by atoms with Crippen molar-refractivity contribution in [3.63, 3.8) is 0 Å². The smallest absolute Gasteiger partial charge is 0.0522 e. The van der Waals surface area contributed by atoms with Gasteiger partial charge in [-0.1, -0.05) is 13.8 Å². The molecule has 92 valence electrons. The second kappa shape index (κ2) is 7.74. The SMILES string of the molecule is CCCn1nccc1CNC(CC)CSC. The molecular formula is C12H23N3S. The van der Waals surface area contributed by atoms with Crippen molar-refractivity contribution in [1.82, 2.24) is 15.1 Å². The number of thioether (sulfide) groups is 1. The van der Waals surface area contributed by atoms with Crippen LogP contribution in [0.25, 0.3) is 0 Å². The first-order valence-electron chi connectivity index (χ1n) is 6.04. The molecule has 0 radical (unpaired) electrons. The topological polar surface area (TPSA) is 29.9 Å². The Kier molecular flexibility index (Phi) is 6.57. The average molecular weight is 241 g/mol. The molecule has 4 heteroatoms. The van der Waals surface area contributed by atoms with Crippen molar-refractivity contribution in [2.45, 2.75) is 45.8 Å². The summed E-state index contributed by atoms with van der Waals surface area (Å²) in [6.45, 7) is 6.36. The molecule has 0 saturated heterocycles. The van der Waals surface area contributed by atoms with Gasteiger partial charge in [0, 0.05) is 31.1 Å². The van der Waals surface area contributed by atoms with Crippen molar-refractivity contribution < 1.29 is 0 Å². The third-order valence-electron chi connectivity index (χ3n) is 2.67. The second-order valence-electron chi connectivity index (χ2n) is 3.99. The first-order valence-corrected chi connectivity index (χ1v) is 7.44. The Bertz CT molecular complexity index is 286. The summed E-state index contributed by atoms with van der Waals surface area (Å²) in [5, 5.41) is 7.92. The maximum atomic E-state index is 4.33. The Balaban J connectivity index is 2.43. The van der Waals surface area contributed by atoms with E-state index in [1.807, 2.05) is 18.0 Å². The molecule has 0 spiro atoms. The molecule has 1 heterocycles. The van der Waals surface area contributed by atoms with Gasteiger partial charge in [0.15, 0.2) is 0 Å². The van der Waals surface area contributed by atoms with Crippen LogP contribution in [-0.4, -0.2) is 27.8 Å². The lowest BCUT2D eigenvalue weighted by molar-refractivity contribution is 0.502. The molecule has 0 saturated carbocycles. The van der Waals surface area contributed by atoms with E-state index in [0.717, 1.165) is 19.5 Å². The molecule has 1 aromatic heterocycles. The van der Waals surface area contributed by atoms with Crippen LogP contribution < -0.4 is 5.32 Å². The van der Waals surface area contributed by atoms with Gasteiger partial charge in [-0.2, -0.15) is 16.9 Å². The molecule has 0 bridgehead atoms. The summed E-state index contributed by atoms with van der Waals surface area (Å²) >= 11 is 1.90. The number of rotatable bonds is 8. The number of hydrogen-bond acceptors (Lipinski definition) is 3. The van der Waals surface area contributed by atoms with E-state index in [1.165, 1.54) is 17.9 Å². The fourth-order valence-corrected chi connectivity index (χ4v) is 2.45. The molecule has 0 aliphatic heterocycles. The average Bonchev–Trinajstić information content (AvgIpc) is 2.72. The lowest BCUT2D eigenvalue weighted by Gasteiger charge is -2.16. The van der Waals surface area contributed by atoms with Gasteiger partial charge in [-0.3, -0.25) is 4.68 Å². The van der Waals surface area contributed by atoms with E-state index in [0.29, 0.717) is 6.04 Å². The van der Waals surface area contributed by atoms with Gasteiger partial charge in [-0.05, 0) is 25.2 Å². The molecule has 1 atom stereocenters. The summed E-state index contributed by atoms with van der Waals surface area (Å²) in [6, 6.07) is 2.72. The molecule has 0 aromatic carbocycles. The minimum atomic E-state index is 0.611. The van der Waals surface area contributed by atoms with Crippen molar-refractivity contribution in [3.8, 4) is 0 Å². The Morgan fingerprint density at radius 3 is 2.94 bits per heavy atom. The molecule has 0 aliphatic carbocycles. The van der Waals surface area contributed by atoms with Gasteiger partial charge in [0.05, 0.1) is 5.69 Å². The summed E-state index contributed by atoms with van der Waals surface area (Å²) in [6.07, 6.45) is 6.37. The summed E-state index contributed by atoms with van der Waals surface area (Å²) in [5.74, 6) is 1.18. The number of aryl methyl sites for hydroxylation is 1. The summed E-state index contributed by atoms with van der Waals surface area (Å²) in [7, 11) is 0. The fourth-order valence-electron chi connectivity index (χ4n) is 1.69. The fraction of sp³-hybridized carbons (Fsp3) is 0.750. The van der Waals surface area contributed by atoms with Gasteiger partial charge in [0.2, 0.25) is 0 Å². The third kappa shape index (κ3) is 4.18. The van der Waals surface area contributed by atoms with Gasteiger partial charge in [-0.15, -0.1) is 0 Å². The third-order valence-corrected chi connectivity index (χ3v) is 3.41. The summed E-state index contributed by atoms with van der Waals surface area (Å²) in [5.41, 5.74) is 1.29. The second-order valence-corrected chi connectivity index (χ2v) is 4.90. The van der Waals surface area contributed by atoms with E-state index in [2.05, 4.69) is 41.3 Å². The Morgan fingerprint density at radius 1 is 1.50 bits per heavy atom. The van der Waals surface area contributed by atoms with Crippen molar-refractivity contribution >= 4 is 11.8 Å². The van der Waals surface area contributed by atoms with Crippen LogP contribution in [0, 0.1) is 0 Å². The quantitative estimate of drug-likeness (QED) is 0.758. The van der Waals surface area contributed by atoms with E-state index in [9.17, 15) is 0 Å². The predicted molar refractivity (Wildman–Crippen MR) is 71.8 cm³/mol. The number of nitrogens with zero attached hydrogens (tertiary/aromatic N) is 2. The molecule has 16 heavy (non-hydrogen) atoms. The molecule has 1 aromatic rings. The zero-order valence-electron chi connectivity index (χ0n) is 10.6. The minimum Gasteiger partial charge on any atom is -0.308 e. The number of hydrogen-bond donors (Lipinski definition) is 1. The molecule has 1 unspecified atom stereocenters. The Labute approximate surface area is 103 Å². The van der Waals surface area contributed by atoms with Crippen molar-refractivity contribution in [1.29, 1.82) is 0 Å². The van der Waals surface area contributed by atoms with Gasteiger partial charge in [0.1, 0.15) is 0 Å². The zero-order valence-corrected chi connectivity index (χ0v) is 11.4. The van der Waals surface area contributed by atoms with Crippen LogP contribution >= 0.6 is 11.8 Å². The predicted octanol–water partition coefficient (Wildman–Crippen LogP) is 2.52. The van der Waals surface area contributed by atoms with Gasteiger partial charge in [0.25, 0.3) is 0 Å². The van der Waals surface area contributed by atoms with Crippen LogP contribution in [0.3, 0.4) is 0 Å². The maximum Gasteiger partial charge on any atom is 0.0522 e. The van der Waals surface area contributed by atoms with E-state index < -0.39 is 0 Å². The van der Waals surface area contributed by atoms with Gasteiger partial charge in [-0.25, -0.2) is 0 Å². The highest BCUT2D eigenvalue weighted by Crippen LogP contribution is 2.04. The lowest BCUT2D eigenvalue weighted by Crippen LogP contribution is -2.31. The summed E-state index contributed by atoms with van der Waals surface area (Å²) < 4.78 is 2.10. The highest BCUT2D eigenvalue weighted by molar-refractivity contribution is 7.98. The zero-order chi connectivity index (χ0) is 11.8. The van der Waals surface area contributed by atoms with Crippen LogP contribution in [-0.2, 0) is 13.1 Å². The molecule has 0 fully saturated rings. The van der Waals surface area contributed by atoms with Gasteiger partial charge < -0.3 is 5.32 Å². The first kappa shape index (κ1) is 13.6. The normalized spacial score (nSPS) is 12.9. The monoisotopic (exact) mass is 241 g/mol. The van der Waals surface area contributed by atoms with E-state index in [4.69, 9.17) is 0 Å². The molecular weight excluding hydrogens is 218 g/mol. The molecule has 1 rings (SSSR count). The largest absolute Gasteiger partial charge is 0.308 e. The molecule has 0 aliphatic rings. The first-order chi connectivity index (χ1) is 7.81. The standard InChI is InChI=1S/C12H23N3S/c1-4-8-15-12(6-7-14-15)9-13-11(5-2)10-16-3/h6-7,11,13H,4-5,8-10H2,1-3H3. The van der Waals surface area contributed by atoms with Gasteiger partial charge >= 0.3 is 0 Å². The summed E-state index contributed by atoms with van der Waals surface area (Å²) in [4.78, 5) is 0. The van der Waals surface area contributed by atoms with Crippen LogP contribution in [0.5, 0.6) is 0 Å². The lowest BCUT2D eigenvalue weighted by atomic mass is 10.2. The Morgan fingerprint density at radius 2 is 2.31 bits per heavy atom. The maximum absolute atomic E-state index is 4.33. The molecule has 1 N–H and O–H groups in total. The van der Waals surface area contributed by atoms with Crippen LogP contribution in [0.15, 0.2) is 12.3 Å².